The van der Waals surface area contributed by atoms with Crippen LogP contribution in [-0.4, -0.2) is 84.1 Å². The zero-order valence-electron chi connectivity index (χ0n) is 10.2. The fraction of sp³-hybridized carbons (Fsp3) is 0.818. The van der Waals surface area contributed by atoms with E-state index in [4.69, 9.17) is 0 Å². The predicted molar refractivity (Wildman–Crippen MR) is 63.9 cm³/mol. The molecule has 1 aliphatic heterocycles. The number of hydrogen-bond donors (Lipinski definition) is 2. The van der Waals surface area contributed by atoms with Crippen LogP contribution in [0.25, 0.3) is 0 Å². The number of aliphatic hydroxyl groups is 2. The lowest BCUT2D eigenvalue weighted by Gasteiger charge is -2.39. The van der Waals surface area contributed by atoms with Gasteiger partial charge in [-0.3, -0.25) is 4.90 Å². The van der Waals surface area contributed by atoms with Crippen molar-refractivity contribution in [1.29, 1.82) is 0 Å². The summed E-state index contributed by atoms with van der Waals surface area (Å²) in [6, 6.07) is 0. The first-order valence-corrected chi connectivity index (χ1v) is 5.64. The summed E-state index contributed by atoms with van der Waals surface area (Å²) in [5.41, 5.74) is 0. The lowest BCUT2D eigenvalue weighted by molar-refractivity contribution is -0.0636. The van der Waals surface area contributed by atoms with Gasteiger partial charge in [0.05, 0.1) is 12.6 Å². The van der Waals surface area contributed by atoms with Gasteiger partial charge in [-0.15, -0.1) is 0 Å². The van der Waals surface area contributed by atoms with Gasteiger partial charge in [-0.1, -0.05) is 6.58 Å². The molecular formula is C11H23N3O2. The van der Waals surface area contributed by atoms with Crippen LogP contribution in [0.1, 0.15) is 0 Å². The molecule has 5 heteroatoms. The molecule has 1 saturated heterocycles. The van der Waals surface area contributed by atoms with Crippen LogP contribution in [0.15, 0.2) is 12.8 Å². The van der Waals surface area contributed by atoms with Crippen molar-refractivity contribution in [2.45, 2.75) is 12.3 Å². The largest absolute Gasteiger partial charge is 0.390 e. The van der Waals surface area contributed by atoms with Gasteiger partial charge >= 0.3 is 0 Å². The summed E-state index contributed by atoms with van der Waals surface area (Å²) in [6.45, 7) is 7.01. The third kappa shape index (κ3) is 4.09. The number of hydrogen-bond acceptors (Lipinski definition) is 5. The highest BCUT2D eigenvalue weighted by Crippen LogP contribution is 2.08. The van der Waals surface area contributed by atoms with Crippen molar-refractivity contribution in [1.82, 2.24) is 14.7 Å². The predicted octanol–water partition coefficient (Wildman–Crippen LogP) is -1.01. The number of aliphatic hydroxyl groups excluding tert-OH is 2. The smallest absolute Gasteiger partial charge is 0.125 e. The van der Waals surface area contributed by atoms with Gasteiger partial charge in [-0.2, -0.15) is 0 Å². The Kier molecular flexibility index (Phi) is 5.21. The molecule has 0 amide bonds. The highest BCUT2D eigenvalue weighted by Gasteiger charge is 2.25. The first-order chi connectivity index (χ1) is 7.52. The average molecular weight is 229 g/mol. The quantitative estimate of drug-likeness (QED) is 0.632. The molecule has 0 aromatic rings. The SMILES string of the molecule is C=CN1CCN(CC(O)CN(C)C)C(O)C1. The van der Waals surface area contributed by atoms with Gasteiger partial charge in [0.15, 0.2) is 0 Å². The minimum Gasteiger partial charge on any atom is -0.390 e. The molecule has 2 atom stereocenters. The van der Waals surface area contributed by atoms with Crippen LogP contribution < -0.4 is 0 Å². The molecule has 94 valence electrons. The van der Waals surface area contributed by atoms with E-state index in [0.717, 1.165) is 13.1 Å². The molecule has 0 radical (unpaired) electrons. The number of rotatable bonds is 5. The molecule has 16 heavy (non-hydrogen) atoms. The molecule has 0 saturated carbocycles. The lowest BCUT2D eigenvalue weighted by Crippen LogP contribution is -2.54. The molecule has 2 unspecified atom stereocenters. The average Bonchev–Trinajstić information content (AvgIpc) is 2.19. The van der Waals surface area contributed by atoms with Crippen molar-refractivity contribution < 1.29 is 10.2 Å². The number of piperazine rings is 1. The van der Waals surface area contributed by atoms with E-state index in [1.165, 1.54) is 0 Å². The molecule has 2 N–H and O–H groups in total. The van der Waals surface area contributed by atoms with Gasteiger partial charge in [0.1, 0.15) is 6.23 Å². The molecule has 0 aromatic carbocycles. The van der Waals surface area contributed by atoms with Crippen LogP contribution in [0.3, 0.4) is 0 Å². The monoisotopic (exact) mass is 229 g/mol. The standard InChI is InChI=1S/C11H23N3O2/c1-4-13-5-6-14(11(16)9-13)8-10(15)7-12(2)3/h4,10-11,15-16H,1,5-9H2,2-3H3. The maximum absolute atomic E-state index is 9.87. The lowest BCUT2D eigenvalue weighted by atomic mass is 10.2. The van der Waals surface area contributed by atoms with E-state index in [1.54, 1.807) is 6.20 Å². The molecule has 5 nitrogen and oxygen atoms in total. The summed E-state index contributed by atoms with van der Waals surface area (Å²) in [5.74, 6) is 0. The Labute approximate surface area is 97.6 Å². The molecule has 1 fully saturated rings. The Morgan fingerprint density at radius 1 is 1.50 bits per heavy atom. The minimum atomic E-state index is -0.511. The van der Waals surface area contributed by atoms with Crippen molar-refractivity contribution in [3.05, 3.63) is 12.8 Å². The molecule has 1 aliphatic rings. The minimum absolute atomic E-state index is 0.417. The van der Waals surface area contributed by atoms with Crippen LogP contribution in [0.4, 0.5) is 0 Å². The van der Waals surface area contributed by atoms with E-state index in [1.807, 2.05) is 28.8 Å². The summed E-state index contributed by atoms with van der Waals surface area (Å²) in [7, 11) is 3.85. The third-order valence-electron chi connectivity index (χ3n) is 2.77. The van der Waals surface area contributed by atoms with E-state index in [-0.39, 0.29) is 0 Å². The first-order valence-electron chi connectivity index (χ1n) is 5.64. The number of β-amino-alcohol motifs (C(OH)–C–C–N with tert-alkyl or cyclic N) is 2. The zero-order chi connectivity index (χ0) is 12.1. The van der Waals surface area contributed by atoms with Gasteiger partial charge in [-0.25, -0.2) is 0 Å². The fourth-order valence-corrected chi connectivity index (χ4v) is 1.95. The summed E-state index contributed by atoms with van der Waals surface area (Å²) in [4.78, 5) is 5.84. The zero-order valence-corrected chi connectivity index (χ0v) is 10.2. The molecule has 0 aromatic heterocycles. The van der Waals surface area contributed by atoms with Gasteiger partial charge in [0.2, 0.25) is 0 Å². The van der Waals surface area contributed by atoms with Crippen LogP contribution in [0, 0.1) is 0 Å². The van der Waals surface area contributed by atoms with Crippen LogP contribution in [-0.2, 0) is 0 Å². The third-order valence-corrected chi connectivity index (χ3v) is 2.77. The second kappa shape index (κ2) is 6.20. The van der Waals surface area contributed by atoms with Gasteiger partial charge in [-0.05, 0) is 20.3 Å². The van der Waals surface area contributed by atoms with E-state index in [9.17, 15) is 10.2 Å². The highest BCUT2D eigenvalue weighted by atomic mass is 16.3. The maximum atomic E-state index is 9.87. The Morgan fingerprint density at radius 2 is 2.19 bits per heavy atom. The second-order valence-electron chi connectivity index (χ2n) is 4.57. The molecule has 1 heterocycles. The molecule has 0 spiro atoms. The summed E-state index contributed by atoms with van der Waals surface area (Å²) in [5, 5.41) is 19.6. The normalized spacial score (nSPS) is 24.8. The van der Waals surface area contributed by atoms with E-state index in [0.29, 0.717) is 19.6 Å². The molecule has 1 rings (SSSR count). The molecule has 0 aliphatic carbocycles. The van der Waals surface area contributed by atoms with E-state index < -0.39 is 12.3 Å². The van der Waals surface area contributed by atoms with E-state index >= 15 is 0 Å². The summed E-state index contributed by atoms with van der Waals surface area (Å²) in [6.07, 6.45) is 0.820. The fourth-order valence-electron chi connectivity index (χ4n) is 1.95. The van der Waals surface area contributed by atoms with Gasteiger partial charge in [0.25, 0.3) is 0 Å². The van der Waals surface area contributed by atoms with Gasteiger partial charge in [0, 0.05) is 26.2 Å². The Hall–Kier alpha value is -0.620. The highest BCUT2D eigenvalue weighted by molar-refractivity contribution is 4.82. The second-order valence-corrected chi connectivity index (χ2v) is 4.57. The maximum Gasteiger partial charge on any atom is 0.125 e. The van der Waals surface area contributed by atoms with Crippen molar-refractivity contribution in [2.24, 2.45) is 0 Å². The van der Waals surface area contributed by atoms with Crippen molar-refractivity contribution in [3.8, 4) is 0 Å². The van der Waals surface area contributed by atoms with Crippen molar-refractivity contribution in [2.75, 3.05) is 46.8 Å². The summed E-state index contributed by atoms with van der Waals surface area (Å²) >= 11 is 0. The topological polar surface area (TPSA) is 50.2 Å². The number of likely N-dealkylation sites (N-methyl/N-ethyl adjacent to an activating group) is 1. The first kappa shape index (κ1) is 13.4. The number of nitrogens with zero attached hydrogens (tertiary/aromatic N) is 3. The van der Waals surface area contributed by atoms with Crippen molar-refractivity contribution >= 4 is 0 Å². The Balaban J connectivity index is 2.35. The van der Waals surface area contributed by atoms with Crippen LogP contribution in [0.2, 0.25) is 0 Å². The van der Waals surface area contributed by atoms with Gasteiger partial charge < -0.3 is 20.0 Å². The Morgan fingerprint density at radius 3 is 2.69 bits per heavy atom. The van der Waals surface area contributed by atoms with Crippen LogP contribution >= 0.6 is 0 Å². The molecule has 0 bridgehead atoms. The van der Waals surface area contributed by atoms with Crippen molar-refractivity contribution in [3.63, 3.8) is 0 Å². The van der Waals surface area contributed by atoms with E-state index in [2.05, 4.69) is 6.58 Å². The Bertz CT molecular complexity index is 223. The molecular weight excluding hydrogens is 206 g/mol. The van der Waals surface area contributed by atoms with Crippen LogP contribution in [0.5, 0.6) is 0 Å². The summed E-state index contributed by atoms with van der Waals surface area (Å²) < 4.78 is 0.